The van der Waals surface area contributed by atoms with Gasteiger partial charge in [-0.1, -0.05) is 30.3 Å². The summed E-state index contributed by atoms with van der Waals surface area (Å²) < 4.78 is 6.21. The molecule has 1 aliphatic rings. The second-order valence-electron chi connectivity index (χ2n) is 9.02. The smallest absolute Gasteiger partial charge is 0.156 e. The van der Waals surface area contributed by atoms with Crippen molar-refractivity contribution in [2.75, 3.05) is 31.6 Å². The third-order valence-corrected chi connectivity index (χ3v) is 6.76. The summed E-state index contributed by atoms with van der Waals surface area (Å²) in [7, 11) is 0. The van der Waals surface area contributed by atoms with E-state index in [9.17, 15) is 0 Å². The monoisotopic (exact) mass is 452 g/mol. The molecule has 0 aliphatic carbocycles. The molecule has 1 saturated heterocycles. The fraction of sp³-hybridized carbons (Fsp3) is 0.310. The van der Waals surface area contributed by atoms with Crippen molar-refractivity contribution in [1.82, 2.24) is 14.9 Å². The van der Waals surface area contributed by atoms with E-state index in [0.717, 1.165) is 47.7 Å². The molecule has 34 heavy (non-hydrogen) atoms. The Morgan fingerprint density at radius 1 is 0.853 bits per heavy atom. The SMILES string of the molecule is Cc1c(Nc2nccc3cccnc23)cccc1-c1cccc(OCCCN2CCCC2)c1C. The van der Waals surface area contributed by atoms with Crippen LogP contribution in [0.3, 0.4) is 0 Å². The number of likely N-dealkylation sites (tertiary alicyclic amines) is 1. The highest BCUT2D eigenvalue weighted by Gasteiger charge is 2.14. The maximum absolute atomic E-state index is 6.21. The van der Waals surface area contributed by atoms with Gasteiger partial charge < -0.3 is 15.0 Å². The van der Waals surface area contributed by atoms with Gasteiger partial charge in [0.15, 0.2) is 5.82 Å². The van der Waals surface area contributed by atoms with E-state index >= 15 is 0 Å². The van der Waals surface area contributed by atoms with Gasteiger partial charge in [0.1, 0.15) is 11.3 Å². The van der Waals surface area contributed by atoms with Crippen molar-refractivity contribution in [2.24, 2.45) is 0 Å². The molecule has 1 aliphatic heterocycles. The molecule has 0 unspecified atom stereocenters. The Hall–Kier alpha value is -3.44. The summed E-state index contributed by atoms with van der Waals surface area (Å²) in [6.45, 7) is 8.66. The van der Waals surface area contributed by atoms with Crippen LogP contribution in [0.15, 0.2) is 67.0 Å². The third kappa shape index (κ3) is 4.75. The van der Waals surface area contributed by atoms with Gasteiger partial charge in [-0.25, -0.2) is 4.98 Å². The van der Waals surface area contributed by atoms with E-state index in [0.29, 0.717) is 0 Å². The van der Waals surface area contributed by atoms with Crippen LogP contribution in [-0.2, 0) is 0 Å². The van der Waals surface area contributed by atoms with Crippen LogP contribution in [0.5, 0.6) is 5.75 Å². The van der Waals surface area contributed by atoms with E-state index in [2.05, 4.69) is 76.5 Å². The fourth-order valence-electron chi connectivity index (χ4n) is 4.82. The van der Waals surface area contributed by atoms with E-state index < -0.39 is 0 Å². The standard InChI is InChI=1S/C29H32N4O/c1-21-24(10-5-12-26(21)32-29-28-23(14-16-31-29)9-7-15-30-28)25-11-6-13-27(22(25)2)34-20-8-19-33-17-3-4-18-33/h5-7,9-16H,3-4,8,17-20H2,1-2H3,(H,31,32). The lowest BCUT2D eigenvalue weighted by molar-refractivity contribution is 0.262. The fourth-order valence-corrected chi connectivity index (χ4v) is 4.82. The number of pyridine rings is 2. The van der Waals surface area contributed by atoms with Gasteiger partial charge in [-0.2, -0.15) is 0 Å². The first-order valence-electron chi connectivity index (χ1n) is 12.2. The van der Waals surface area contributed by atoms with Crippen molar-refractivity contribution in [3.05, 3.63) is 78.1 Å². The summed E-state index contributed by atoms with van der Waals surface area (Å²) >= 11 is 0. The molecule has 3 heterocycles. The highest BCUT2D eigenvalue weighted by molar-refractivity contribution is 5.90. The summed E-state index contributed by atoms with van der Waals surface area (Å²) in [4.78, 5) is 11.6. The van der Waals surface area contributed by atoms with Crippen molar-refractivity contribution in [2.45, 2.75) is 33.1 Å². The Bertz CT molecular complexity index is 1280. The first-order chi connectivity index (χ1) is 16.7. The van der Waals surface area contributed by atoms with Crippen LogP contribution in [-0.4, -0.2) is 41.1 Å². The zero-order valence-electron chi connectivity index (χ0n) is 20.1. The van der Waals surface area contributed by atoms with Gasteiger partial charge in [-0.05, 0) is 92.7 Å². The van der Waals surface area contributed by atoms with Crippen molar-refractivity contribution in [3.8, 4) is 16.9 Å². The number of ether oxygens (including phenoxy) is 1. The molecule has 1 fully saturated rings. The number of hydrogen-bond acceptors (Lipinski definition) is 5. The molecule has 5 heteroatoms. The van der Waals surface area contributed by atoms with Crippen LogP contribution in [0.1, 0.15) is 30.4 Å². The Balaban J connectivity index is 1.36. The van der Waals surface area contributed by atoms with Gasteiger partial charge in [0, 0.05) is 30.0 Å². The van der Waals surface area contributed by atoms with Crippen LogP contribution in [0.2, 0.25) is 0 Å². The minimum absolute atomic E-state index is 0.751. The molecule has 5 nitrogen and oxygen atoms in total. The molecule has 0 bridgehead atoms. The summed E-state index contributed by atoms with van der Waals surface area (Å²) in [5.41, 5.74) is 6.63. The molecular weight excluding hydrogens is 420 g/mol. The van der Waals surface area contributed by atoms with Crippen molar-refractivity contribution in [1.29, 1.82) is 0 Å². The van der Waals surface area contributed by atoms with E-state index in [-0.39, 0.29) is 0 Å². The summed E-state index contributed by atoms with van der Waals surface area (Å²) in [5, 5.41) is 4.59. The molecule has 5 rings (SSSR count). The van der Waals surface area contributed by atoms with Gasteiger partial charge in [0.25, 0.3) is 0 Å². The van der Waals surface area contributed by atoms with Gasteiger partial charge in [0.2, 0.25) is 0 Å². The van der Waals surface area contributed by atoms with E-state index in [1.165, 1.54) is 48.2 Å². The Morgan fingerprint density at radius 2 is 1.65 bits per heavy atom. The number of benzene rings is 2. The molecule has 0 atom stereocenters. The lowest BCUT2D eigenvalue weighted by Crippen LogP contribution is -2.22. The number of anilines is 2. The van der Waals surface area contributed by atoms with Crippen LogP contribution < -0.4 is 10.1 Å². The first kappa shape index (κ1) is 22.4. The predicted octanol–water partition coefficient (Wildman–Crippen LogP) is 6.52. The molecule has 1 N–H and O–H groups in total. The number of rotatable bonds is 8. The first-order valence-corrected chi connectivity index (χ1v) is 12.2. The van der Waals surface area contributed by atoms with Crippen LogP contribution in [0.25, 0.3) is 22.0 Å². The van der Waals surface area contributed by atoms with E-state index in [1.54, 1.807) is 6.20 Å². The predicted molar refractivity (Wildman–Crippen MR) is 140 cm³/mol. The number of hydrogen-bond donors (Lipinski definition) is 1. The van der Waals surface area contributed by atoms with Crippen molar-refractivity contribution < 1.29 is 4.74 Å². The van der Waals surface area contributed by atoms with Gasteiger partial charge in [0.05, 0.1) is 6.61 Å². The molecule has 174 valence electrons. The number of aromatic nitrogens is 2. The zero-order chi connectivity index (χ0) is 23.3. The number of nitrogens with one attached hydrogen (secondary N) is 1. The minimum Gasteiger partial charge on any atom is -0.493 e. The van der Waals surface area contributed by atoms with Crippen LogP contribution in [0.4, 0.5) is 11.5 Å². The maximum Gasteiger partial charge on any atom is 0.156 e. The van der Waals surface area contributed by atoms with Gasteiger partial charge >= 0.3 is 0 Å². The van der Waals surface area contributed by atoms with E-state index in [4.69, 9.17) is 4.74 Å². The second kappa shape index (κ2) is 10.2. The molecular formula is C29H32N4O. The summed E-state index contributed by atoms with van der Waals surface area (Å²) in [6.07, 6.45) is 7.36. The lowest BCUT2D eigenvalue weighted by atomic mass is 9.95. The molecule has 0 radical (unpaired) electrons. The van der Waals surface area contributed by atoms with Crippen LogP contribution in [0, 0.1) is 13.8 Å². The topological polar surface area (TPSA) is 50.3 Å². The molecule has 0 saturated carbocycles. The quantitative estimate of drug-likeness (QED) is 0.308. The number of fused-ring (bicyclic) bond motifs is 1. The molecule has 2 aromatic heterocycles. The highest BCUT2D eigenvalue weighted by Crippen LogP contribution is 2.35. The molecule has 2 aromatic carbocycles. The molecule has 0 spiro atoms. The maximum atomic E-state index is 6.21. The Kier molecular flexibility index (Phi) is 6.72. The Labute approximate surface area is 201 Å². The second-order valence-corrected chi connectivity index (χ2v) is 9.02. The van der Waals surface area contributed by atoms with E-state index in [1.807, 2.05) is 18.3 Å². The average molecular weight is 453 g/mol. The summed E-state index contributed by atoms with van der Waals surface area (Å²) in [6, 6.07) is 18.7. The van der Waals surface area contributed by atoms with Gasteiger partial charge in [-0.3, -0.25) is 4.98 Å². The largest absolute Gasteiger partial charge is 0.493 e. The molecule has 4 aromatic rings. The number of nitrogens with zero attached hydrogens (tertiary/aromatic N) is 3. The zero-order valence-corrected chi connectivity index (χ0v) is 20.1. The molecule has 0 amide bonds. The van der Waals surface area contributed by atoms with Crippen molar-refractivity contribution >= 4 is 22.4 Å². The summed E-state index contributed by atoms with van der Waals surface area (Å²) in [5.74, 6) is 1.74. The lowest BCUT2D eigenvalue weighted by Gasteiger charge is -2.18. The Morgan fingerprint density at radius 3 is 2.50 bits per heavy atom. The average Bonchev–Trinajstić information content (AvgIpc) is 3.38. The van der Waals surface area contributed by atoms with Gasteiger partial charge in [-0.15, -0.1) is 0 Å². The third-order valence-electron chi connectivity index (χ3n) is 6.76. The normalized spacial score (nSPS) is 13.9. The highest BCUT2D eigenvalue weighted by atomic mass is 16.5. The van der Waals surface area contributed by atoms with Crippen LogP contribution >= 0.6 is 0 Å². The minimum atomic E-state index is 0.751. The van der Waals surface area contributed by atoms with Crippen molar-refractivity contribution in [3.63, 3.8) is 0 Å².